The average molecular weight is 291 g/mol. The van der Waals surface area contributed by atoms with E-state index in [0.717, 1.165) is 5.56 Å². The number of sulfonamides is 1. The van der Waals surface area contributed by atoms with E-state index >= 15 is 0 Å². The van der Waals surface area contributed by atoms with Crippen LogP contribution in [0.3, 0.4) is 0 Å². The van der Waals surface area contributed by atoms with Crippen LogP contribution in [-0.4, -0.2) is 13.6 Å². The van der Waals surface area contributed by atoms with Crippen LogP contribution in [0.15, 0.2) is 34.9 Å². The standard InChI is InChI=1S/C13H13N3O3S/c1-10-6-13(16-19-10)9-20(17,18)15-8-12-4-2-11(7-14)3-5-12/h2-6,15H,8-9H2,1H3. The molecule has 1 N–H and O–H groups in total. The van der Waals surface area contributed by atoms with E-state index in [1.165, 1.54) is 0 Å². The second-order valence-corrected chi connectivity index (χ2v) is 6.12. The van der Waals surface area contributed by atoms with Gasteiger partial charge in [-0.25, -0.2) is 13.1 Å². The number of nitriles is 1. The summed E-state index contributed by atoms with van der Waals surface area (Å²) < 4.78 is 31.0. The lowest BCUT2D eigenvalue weighted by molar-refractivity contribution is 0.392. The number of nitrogens with zero attached hydrogens (tertiary/aromatic N) is 2. The largest absolute Gasteiger partial charge is 0.361 e. The maximum atomic E-state index is 11.9. The summed E-state index contributed by atoms with van der Waals surface area (Å²) in [5.41, 5.74) is 1.69. The summed E-state index contributed by atoms with van der Waals surface area (Å²) in [4.78, 5) is 0. The molecule has 20 heavy (non-hydrogen) atoms. The van der Waals surface area contributed by atoms with E-state index in [1.807, 2.05) is 6.07 Å². The zero-order valence-electron chi connectivity index (χ0n) is 10.8. The van der Waals surface area contributed by atoms with Gasteiger partial charge in [0, 0.05) is 12.6 Å². The lowest BCUT2D eigenvalue weighted by Crippen LogP contribution is -2.24. The Hall–Kier alpha value is -2.17. The minimum absolute atomic E-state index is 0.172. The Bertz CT molecular complexity index is 727. The summed E-state index contributed by atoms with van der Waals surface area (Å²) in [6.45, 7) is 1.87. The molecule has 0 radical (unpaired) electrons. The maximum absolute atomic E-state index is 11.9. The molecule has 0 bridgehead atoms. The van der Waals surface area contributed by atoms with E-state index < -0.39 is 10.0 Å². The van der Waals surface area contributed by atoms with Crippen LogP contribution in [0.1, 0.15) is 22.6 Å². The van der Waals surface area contributed by atoms with Crippen molar-refractivity contribution in [1.82, 2.24) is 9.88 Å². The molecular formula is C13H13N3O3S. The first-order valence-corrected chi connectivity index (χ1v) is 7.52. The molecule has 2 aromatic rings. The third-order valence-electron chi connectivity index (χ3n) is 2.59. The van der Waals surface area contributed by atoms with Crippen molar-refractivity contribution in [2.24, 2.45) is 0 Å². The highest BCUT2D eigenvalue weighted by atomic mass is 32.2. The fraction of sp³-hybridized carbons (Fsp3) is 0.231. The molecule has 0 atom stereocenters. The van der Waals surface area contributed by atoms with Gasteiger partial charge in [0.15, 0.2) is 0 Å². The summed E-state index contributed by atoms with van der Waals surface area (Å²) in [7, 11) is -3.47. The zero-order valence-corrected chi connectivity index (χ0v) is 11.6. The molecule has 104 valence electrons. The molecule has 0 fully saturated rings. The van der Waals surface area contributed by atoms with Crippen LogP contribution in [-0.2, 0) is 22.3 Å². The number of benzene rings is 1. The van der Waals surface area contributed by atoms with Crippen LogP contribution < -0.4 is 4.72 Å². The van der Waals surface area contributed by atoms with E-state index in [1.54, 1.807) is 37.3 Å². The van der Waals surface area contributed by atoms with Crippen LogP contribution in [0.25, 0.3) is 0 Å². The van der Waals surface area contributed by atoms with Gasteiger partial charge in [0.05, 0.1) is 11.6 Å². The summed E-state index contributed by atoms with van der Waals surface area (Å²) >= 11 is 0. The number of aryl methyl sites for hydroxylation is 1. The average Bonchev–Trinajstić information content (AvgIpc) is 2.82. The van der Waals surface area contributed by atoms with E-state index in [-0.39, 0.29) is 12.3 Å². The Labute approximate surface area is 117 Å². The molecular weight excluding hydrogens is 278 g/mol. The lowest BCUT2D eigenvalue weighted by atomic mass is 10.1. The SMILES string of the molecule is Cc1cc(CS(=O)(=O)NCc2ccc(C#N)cc2)no1. The highest BCUT2D eigenvalue weighted by molar-refractivity contribution is 7.88. The number of hydrogen-bond acceptors (Lipinski definition) is 5. The van der Waals surface area contributed by atoms with Crippen LogP contribution in [0.4, 0.5) is 0 Å². The number of aromatic nitrogens is 1. The third-order valence-corrected chi connectivity index (χ3v) is 3.85. The minimum atomic E-state index is -3.47. The molecule has 7 heteroatoms. The Kier molecular flexibility index (Phi) is 4.17. The second-order valence-electron chi connectivity index (χ2n) is 4.32. The number of hydrogen-bond donors (Lipinski definition) is 1. The molecule has 0 amide bonds. The minimum Gasteiger partial charge on any atom is -0.361 e. The quantitative estimate of drug-likeness (QED) is 0.900. The highest BCUT2D eigenvalue weighted by Crippen LogP contribution is 2.07. The maximum Gasteiger partial charge on any atom is 0.217 e. The van der Waals surface area contributed by atoms with Gasteiger partial charge in [-0.1, -0.05) is 17.3 Å². The van der Waals surface area contributed by atoms with Gasteiger partial charge in [0.2, 0.25) is 10.0 Å². The summed E-state index contributed by atoms with van der Waals surface area (Å²) in [5.74, 6) is 0.350. The predicted molar refractivity (Wildman–Crippen MR) is 71.9 cm³/mol. The van der Waals surface area contributed by atoms with Crippen molar-refractivity contribution in [2.45, 2.75) is 19.2 Å². The Morgan fingerprint density at radius 1 is 1.35 bits per heavy atom. The third kappa shape index (κ3) is 3.91. The molecule has 0 spiro atoms. The molecule has 2 rings (SSSR count). The van der Waals surface area contributed by atoms with Crippen molar-refractivity contribution in [2.75, 3.05) is 0 Å². The molecule has 1 heterocycles. The van der Waals surface area contributed by atoms with E-state index in [2.05, 4.69) is 9.88 Å². The van der Waals surface area contributed by atoms with Gasteiger partial charge in [-0.2, -0.15) is 5.26 Å². The van der Waals surface area contributed by atoms with Crippen LogP contribution >= 0.6 is 0 Å². The smallest absolute Gasteiger partial charge is 0.217 e. The number of nitrogens with one attached hydrogen (secondary N) is 1. The normalized spacial score (nSPS) is 11.2. The highest BCUT2D eigenvalue weighted by Gasteiger charge is 2.14. The molecule has 1 aromatic heterocycles. The van der Waals surface area contributed by atoms with Crippen molar-refractivity contribution < 1.29 is 12.9 Å². The van der Waals surface area contributed by atoms with E-state index in [0.29, 0.717) is 17.0 Å². The molecule has 0 saturated carbocycles. The van der Waals surface area contributed by atoms with Gasteiger partial charge in [-0.15, -0.1) is 0 Å². The molecule has 6 nitrogen and oxygen atoms in total. The van der Waals surface area contributed by atoms with Crippen molar-refractivity contribution in [3.63, 3.8) is 0 Å². The summed E-state index contributed by atoms with van der Waals surface area (Å²) in [6.07, 6.45) is 0. The predicted octanol–water partition coefficient (Wildman–Crippen LogP) is 1.47. The Morgan fingerprint density at radius 2 is 2.05 bits per heavy atom. The fourth-order valence-electron chi connectivity index (χ4n) is 1.62. The molecule has 0 aliphatic heterocycles. The van der Waals surface area contributed by atoms with Crippen molar-refractivity contribution in [3.05, 3.63) is 52.9 Å². The van der Waals surface area contributed by atoms with Gasteiger partial charge in [-0.3, -0.25) is 0 Å². The molecule has 0 aliphatic rings. The lowest BCUT2D eigenvalue weighted by Gasteiger charge is -2.05. The zero-order chi connectivity index (χ0) is 14.6. The summed E-state index contributed by atoms with van der Waals surface area (Å²) in [5, 5.41) is 12.3. The monoisotopic (exact) mass is 291 g/mol. The van der Waals surface area contributed by atoms with Gasteiger partial charge in [0.1, 0.15) is 17.2 Å². The van der Waals surface area contributed by atoms with E-state index in [4.69, 9.17) is 9.78 Å². The van der Waals surface area contributed by atoms with Gasteiger partial charge in [-0.05, 0) is 24.6 Å². The first-order valence-electron chi connectivity index (χ1n) is 5.87. The molecule has 0 unspecified atom stereocenters. The van der Waals surface area contributed by atoms with Crippen molar-refractivity contribution in [1.29, 1.82) is 5.26 Å². The summed E-state index contributed by atoms with van der Waals surface area (Å²) in [6, 6.07) is 10.3. The molecule has 0 saturated heterocycles. The van der Waals surface area contributed by atoms with Crippen molar-refractivity contribution >= 4 is 10.0 Å². The first-order chi connectivity index (χ1) is 9.48. The molecule has 0 aliphatic carbocycles. The van der Waals surface area contributed by atoms with Gasteiger partial charge < -0.3 is 4.52 Å². The van der Waals surface area contributed by atoms with Crippen LogP contribution in [0.5, 0.6) is 0 Å². The first kappa shape index (κ1) is 14.2. The number of rotatable bonds is 5. The Morgan fingerprint density at radius 3 is 2.60 bits per heavy atom. The Balaban J connectivity index is 1.96. The fourth-order valence-corrected chi connectivity index (χ4v) is 2.64. The van der Waals surface area contributed by atoms with Crippen LogP contribution in [0.2, 0.25) is 0 Å². The molecule has 1 aromatic carbocycles. The second kappa shape index (κ2) is 5.86. The van der Waals surface area contributed by atoms with Crippen LogP contribution in [0, 0.1) is 18.3 Å². The van der Waals surface area contributed by atoms with Crippen molar-refractivity contribution in [3.8, 4) is 6.07 Å². The topological polar surface area (TPSA) is 96.0 Å². The van der Waals surface area contributed by atoms with Gasteiger partial charge >= 0.3 is 0 Å². The van der Waals surface area contributed by atoms with E-state index in [9.17, 15) is 8.42 Å². The van der Waals surface area contributed by atoms with Gasteiger partial charge in [0.25, 0.3) is 0 Å².